The lowest BCUT2D eigenvalue weighted by Crippen LogP contribution is -2.14. The molecule has 90 valence electrons. The van der Waals surface area contributed by atoms with Crippen molar-refractivity contribution in [1.82, 2.24) is 0 Å². The monoisotopic (exact) mass is 315 g/mol. The van der Waals surface area contributed by atoms with E-state index in [9.17, 15) is 8.42 Å². The van der Waals surface area contributed by atoms with Crippen molar-refractivity contribution in [3.63, 3.8) is 0 Å². The van der Waals surface area contributed by atoms with Crippen molar-refractivity contribution in [3.8, 4) is 5.75 Å². The van der Waals surface area contributed by atoms with Gasteiger partial charge in [-0.15, -0.1) is 0 Å². The highest BCUT2D eigenvalue weighted by Crippen LogP contribution is 2.25. The number of hydrogen-bond acceptors (Lipinski definition) is 4. The summed E-state index contributed by atoms with van der Waals surface area (Å²) in [5, 5.41) is 0.114. The van der Waals surface area contributed by atoms with Crippen LogP contribution in [0, 0.1) is 0 Å². The van der Waals surface area contributed by atoms with Crippen LogP contribution in [-0.2, 0) is 9.84 Å². The molecule has 0 aliphatic carbocycles. The summed E-state index contributed by atoms with van der Waals surface area (Å²) in [5.74, 6) is 0.605. The van der Waals surface area contributed by atoms with Crippen molar-refractivity contribution >= 4 is 30.8 Å². The molecule has 0 spiro atoms. The van der Waals surface area contributed by atoms with Gasteiger partial charge in [-0.25, -0.2) is 13.4 Å². The first-order valence-corrected chi connectivity index (χ1v) is 7.15. The summed E-state index contributed by atoms with van der Waals surface area (Å²) in [7, 11) is -3.38. The number of rotatable bonds is 3. The van der Waals surface area contributed by atoms with Crippen LogP contribution in [0.4, 0.5) is 0 Å². The van der Waals surface area contributed by atoms with E-state index in [4.69, 9.17) is 4.74 Å². The van der Waals surface area contributed by atoms with E-state index in [2.05, 4.69) is 20.9 Å². The van der Waals surface area contributed by atoms with Crippen LogP contribution in [0.2, 0.25) is 0 Å². The molecule has 6 heteroatoms. The Balaban J connectivity index is 2.10. The lowest BCUT2D eigenvalue weighted by molar-refractivity contribution is 0.356. The first kappa shape index (κ1) is 12.3. The predicted octanol–water partition coefficient (Wildman–Crippen LogP) is 2.52. The van der Waals surface area contributed by atoms with Gasteiger partial charge in [0, 0.05) is 6.20 Å². The van der Waals surface area contributed by atoms with Gasteiger partial charge in [0.2, 0.25) is 9.84 Å². The third-order valence-electron chi connectivity index (χ3n) is 2.33. The predicted molar refractivity (Wildman–Crippen MR) is 69.7 cm³/mol. The minimum absolute atomic E-state index is 0.00815. The van der Waals surface area contributed by atoms with Gasteiger partial charge in [0.05, 0.1) is 4.47 Å². The molecule has 0 bridgehead atoms. The molecule has 0 radical (unpaired) electrons. The Hall–Kier alpha value is -1.14. The van der Waals surface area contributed by atoms with Crippen LogP contribution in [0.25, 0.3) is 0 Å². The number of halogens is 1. The van der Waals surface area contributed by atoms with Crippen LogP contribution in [0.15, 0.2) is 44.8 Å². The van der Waals surface area contributed by atoms with Gasteiger partial charge in [-0.05, 0) is 35.0 Å². The summed E-state index contributed by atoms with van der Waals surface area (Å²) in [5.41, 5.74) is 0. The molecular weight excluding hydrogens is 306 g/mol. The molecule has 1 heterocycles. The Morgan fingerprint density at radius 1 is 1.35 bits per heavy atom. The Morgan fingerprint density at radius 2 is 2.06 bits per heavy atom. The van der Waals surface area contributed by atoms with E-state index in [1.165, 1.54) is 13.1 Å². The molecule has 0 saturated heterocycles. The molecule has 0 N–H and O–H groups in total. The van der Waals surface area contributed by atoms with Crippen LogP contribution < -0.4 is 4.74 Å². The molecule has 1 aromatic carbocycles. The number of aliphatic imine (C=N–C) groups is 1. The molecule has 1 aliphatic rings. The van der Waals surface area contributed by atoms with Crippen LogP contribution in [-0.4, -0.2) is 20.1 Å². The number of hydrogen-bond donors (Lipinski definition) is 0. The Morgan fingerprint density at radius 3 is 2.65 bits per heavy atom. The lowest BCUT2D eigenvalue weighted by atomic mass is 10.3. The minimum Gasteiger partial charge on any atom is -0.487 e. The van der Waals surface area contributed by atoms with E-state index in [1.807, 2.05) is 18.2 Å². The Kier molecular flexibility index (Phi) is 3.35. The van der Waals surface area contributed by atoms with Crippen molar-refractivity contribution in [1.29, 1.82) is 0 Å². The molecule has 0 aromatic heterocycles. The fourth-order valence-corrected chi connectivity index (χ4v) is 2.69. The maximum atomic E-state index is 11.7. The molecule has 1 aliphatic heterocycles. The topological polar surface area (TPSA) is 55.7 Å². The van der Waals surface area contributed by atoms with E-state index >= 15 is 0 Å². The van der Waals surface area contributed by atoms with Crippen LogP contribution in [0.5, 0.6) is 5.75 Å². The molecule has 1 aromatic rings. The van der Waals surface area contributed by atoms with E-state index < -0.39 is 9.84 Å². The van der Waals surface area contributed by atoms with Gasteiger partial charge in [-0.3, -0.25) is 0 Å². The fourth-order valence-electron chi connectivity index (χ4n) is 1.32. The standard InChI is InChI=1S/C11H10BrNO3S/c1-8-13-6-9(17(8,14)15)7-16-11-5-3-2-4-10(11)12/h2-6H,7H2,1H3. The van der Waals surface area contributed by atoms with Gasteiger partial charge < -0.3 is 4.74 Å². The van der Waals surface area contributed by atoms with Crippen molar-refractivity contribution in [3.05, 3.63) is 39.8 Å². The van der Waals surface area contributed by atoms with Crippen LogP contribution in [0.3, 0.4) is 0 Å². The van der Waals surface area contributed by atoms with Crippen molar-refractivity contribution in [2.75, 3.05) is 6.61 Å². The molecule has 0 amide bonds. The second kappa shape index (κ2) is 4.62. The first-order chi connectivity index (χ1) is 8.01. The zero-order chi connectivity index (χ0) is 12.5. The minimum atomic E-state index is -3.38. The normalized spacial score (nSPS) is 17.5. The first-order valence-electron chi connectivity index (χ1n) is 4.87. The Bertz CT molecular complexity index is 605. The molecular formula is C11H10BrNO3S. The Labute approximate surface area is 108 Å². The van der Waals surface area contributed by atoms with Crippen molar-refractivity contribution in [2.24, 2.45) is 4.99 Å². The van der Waals surface area contributed by atoms with Crippen LogP contribution in [0.1, 0.15) is 6.92 Å². The van der Waals surface area contributed by atoms with E-state index in [-0.39, 0.29) is 16.6 Å². The lowest BCUT2D eigenvalue weighted by Gasteiger charge is -2.08. The number of para-hydroxylation sites is 1. The second-order valence-electron chi connectivity index (χ2n) is 3.47. The highest BCUT2D eigenvalue weighted by molar-refractivity contribution is 9.10. The number of benzene rings is 1. The van der Waals surface area contributed by atoms with Gasteiger partial charge in [0.1, 0.15) is 22.3 Å². The zero-order valence-corrected chi connectivity index (χ0v) is 11.5. The summed E-state index contributed by atoms with van der Waals surface area (Å²) >= 11 is 3.32. The number of nitrogens with zero attached hydrogens (tertiary/aromatic N) is 1. The quantitative estimate of drug-likeness (QED) is 0.861. The zero-order valence-electron chi connectivity index (χ0n) is 9.05. The SMILES string of the molecule is CC1=NC=C(COc2ccccc2Br)S1(=O)=O. The number of ether oxygens (including phenoxy) is 1. The third-order valence-corrected chi connectivity index (χ3v) is 4.78. The van der Waals surface area contributed by atoms with Gasteiger partial charge >= 0.3 is 0 Å². The largest absolute Gasteiger partial charge is 0.487 e. The van der Waals surface area contributed by atoms with Gasteiger partial charge in [0.15, 0.2) is 0 Å². The molecule has 0 saturated carbocycles. The van der Waals surface area contributed by atoms with Gasteiger partial charge in [-0.2, -0.15) is 0 Å². The highest BCUT2D eigenvalue weighted by atomic mass is 79.9. The maximum Gasteiger partial charge on any atom is 0.220 e. The molecule has 17 heavy (non-hydrogen) atoms. The molecule has 0 fully saturated rings. The maximum absolute atomic E-state index is 11.7. The third kappa shape index (κ3) is 2.42. The molecule has 2 rings (SSSR count). The van der Waals surface area contributed by atoms with Crippen molar-refractivity contribution in [2.45, 2.75) is 6.92 Å². The fraction of sp³-hybridized carbons (Fsp3) is 0.182. The van der Waals surface area contributed by atoms with E-state index in [1.54, 1.807) is 6.07 Å². The van der Waals surface area contributed by atoms with Crippen molar-refractivity contribution < 1.29 is 13.2 Å². The molecule has 0 atom stereocenters. The summed E-state index contributed by atoms with van der Waals surface area (Å²) in [6.45, 7) is 1.46. The van der Waals surface area contributed by atoms with E-state index in [0.29, 0.717) is 5.75 Å². The second-order valence-corrected chi connectivity index (χ2v) is 6.44. The van der Waals surface area contributed by atoms with Crippen LogP contribution >= 0.6 is 15.9 Å². The average molecular weight is 316 g/mol. The van der Waals surface area contributed by atoms with Gasteiger partial charge in [-0.1, -0.05) is 12.1 Å². The van der Waals surface area contributed by atoms with E-state index in [0.717, 1.165) is 4.47 Å². The van der Waals surface area contributed by atoms with Gasteiger partial charge in [0.25, 0.3) is 0 Å². The summed E-state index contributed by atoms with van der Waals surface area (Å²) < 4.78 is 29.6. The summed E-state index contributed by atoms with van der Waals surface area (Å²) in [6, 6.07) is 7.27. The molecule has 0 unspecified atom stereocenters. The summed E-state index contributed by atoms with van der Waals surface area (Å²) in [6.07, 6.45) is 1.33. The summed E-state index contributed by atoms with van der Waals surface area (Å²) in [4.78, 5) is 3.97. The highest BCUT2D eigenvalue weighted by Gasteiger charge is 2.26. The average Bonchev–Trinajstić information content (AvgIpc) is 2.54. The molecule has 4 nitrogen and oxygen atoms in total. The number of sulfone groups is 1. The smallest absolute Gasteiger partial charge is 0.220 e.